The van der Waals surface area contributed by atoms with Crippen molar-refractivity contribution in [3.05, 3.63) is 27.2 Å². The van der Waals surface area contributed by atoms with Crippen LogP contribution in [0.25, 0.3) is 0 Å². The van der Waals surface area contributed by atoms with Crippen molar-refractivity contribution in [3.63, 3.8) is 0 Å². The summed E-state index contributed by atoms with van der Waals surface area (Å²) in [7, 11) is 0. The Morgan fingerprint density at radius 2 is 1.70 bits per heavy atom. The Morgan fingerprint density at radius 3 is 2.30 bits per heavy atom. The third-order valence-electron chi connectivity index (χ3n) is 5.58. The fourth-order valence-corrected chi connectivity index (χ4v) is 5.05. The molecule has 1 aromatic rings. The third-order valence-corrected chi connectivity index (χ3v) is 6.61. The fraction of sp³-hybridized carbons (Fsp3) is 0.625. The molecule has 0 radical (unpaired) electrons. The van der Waals surface area contributed by atoms with Crippen LogP contribution in [0, 0.1) is 16.7 Å². The average molecular weight is 333 g/mol. The minimum Gasteiger partial charge on any atom is -0.380 e. The lowest BCUT2D eigenvalue weighted by atomic mass is 9.68. The summed E-state index contributed by atoms with van der Waals surface area (Å²) in [6.45, 7) is 7.13. The van der Waals surface area contributed by atoms with Gasteiger partial charge in [-0.15, -0.1) is 0 Å². The van der Waals surface area contributed by atoms with Crippen LogP contribution in [-0.2, 0) is 0 Å². The van der Waals surface area contributed by atoms with Crippen LogP contribution in [0.15, 0.2) is 12.1 Å². The number of anilines is 1. The molecule has 1 unspecified atom stereocenters. The predicted octanol–water partition coefficient (Wildman–Crippen LogP) is 6.27. The maximum Gasteiger partial charge on any atom is 0.0653 e. The van der Waals surface area contributed by atoms with Gasteiger partial charge in [0.2, 0.25) is 0 Å². The smallest absolute Gasteiger partial charge is 0.0653 e. The van der Waals surface area contributed by atoms with E-state index in [9.17, 15) is 0 Å². The van der Waals surface area contributed by atoms with Crippen LogP contribution in [0.3, 0.4) is 0 Å². The Bertz CT molecular complexity index is 550. The highest BCUT2D eigenvalue weighted by Gasteiger charge is 2.59. The first-order chi connectivity index (χ1) is 9.24. The van der Waals surface area contributed by atoms with E-state index >= 15 is 0 Å². The molecule has 110 valence electrons. The van der Waals surface area contributed by atoms with Crippen molar-refractivity contribution in [2.45, 2.75) is 46.1 Å². The zero-order valence-electron chi connectivity index (χ0n) is 12.1. The monoisotopic (exact) mass is 331 g/mol. The van der Waals surface area contributed by atoms with Crippen LogP contribution >= 0.6 is 34.8 Å². The van der Waals surface area contributed by atoms with Gasteiger partial charge >= 0.3 is 0 Å². The Labute approximate surface area is 136 Å². The Balaban J connectivity index is 1.93. The molecule has 2 aliphatic rings. The minimum atomic E-state index is 0.280. The van der Waals surface area contributed by atoms with Gasteiger partial charge in [0.25, 0.3) is 0 Å². The minimum absolute atomic E-state index is 0.280. The highest BCUT2D eigenvalue weighted by atomic mass is 35.5. The zero-order chi connectivity index (χ0) is 14.7. The summed E-state index contributed by atoms with van der Waals surface area (Å²) in [5.74, 6) is 0.798. The van der Waals surface area contributed by atoms with Gasteiger partial charge in [0.15, 0.2) is 0 Å². The number of nitrogens with one attached hydrogen (secondary N) is 1. The number of fused-ring (bicyclic) bond motifs is 2. The quantitative estimate of drug-likeness (QED) is 0.629. The lowest BCUT2D eigenvalue weighted by molar-refractivity contribution is 0.155. The van der Waals surface area contributed by atoms with Crippen LogP contribution in [0.2, 0.25) is 15.1 Å². The van der Waals surface area contributed by atoms with Gasteiger partial charge in [-0.1, -0.05) is 55.6 Å². The summed E-state index contributed by atoms with van der Waals surface area (Å²) in [5, 5.41) is 5.35. The number of hydrogen-bond acceptors (Lipinski definition) is 1. The lowest BCUT2D eigenvalue weighted by Crippen LogP contribution is -2.45. The van der Waals surface area contributed by atoms with Crippen molar-refractivity contribution < 1.29 is 0 Å². The van der Waals surface area contributed by atoms with E-state index in [1.807, 2.05) is 6.07 Å². The van der Waals surface area contributed by atoms with E-state index in [0.717, 1.165) is 11.6 Å². The normalized spacial score (nSPS) is 34.5. The van der Waals surface area contributed by atoms with Crippen LogP contribution < -0.4 is 5.32 Å². The van der Waals surface area contributed by atoms with Crippen LogP contribution in [0.4, 0.5) is 5.69 Å². The molecule has 2 saturated carbocycles. The second-order valence-electron chi connectivity index (χ2n) is 7.24. The first-order valence-corrected chi connectivity index (χ1v) is 8.28. The van der Waals surface area contributed by atoms with E-state index in [-0.39, 0.29) is 5.41 Å². The van der Waals surface area contributed by atoms with Crippen molar-refractivity contribution in [1.29, 1.82) is 0 Å². The van der Waals surface area contributed by atoms with Gasteiger partial charge in [-0.3, -0.25) is 0 Å². The fourth-order valence-electron chi connectivity index (χ4n) is 4.45. The van der Waals surface area contributed by atoms with E-state index in [4.69, 9.17) is 34.8 Å². The van der Waals surface area contributed by atoms with Crippen molar-refractivity contribution in [2.24, 2.45) is 16.7 Å². The van der Waals surface area contributed by atoms with Gasteiger partial charge in [-0.05, 0) is 48.1 Å². The highest BCUT2D eigenvalue weighted by Crippen LogP contribution is 2.63. The highest BCUT2D eigenvalue weighted by molar-refractivity contribution is 6.44. The molecule has 0 spiro atoms. The molecule has 0 amide bonds. The van der Waals surface area contributed by atoms with Crippen molar-refractivity contribution in [3.8, 4) is 0 Å². The molecule has 0 aliphatic heterocycles. The van der Waals surface area contributed by atoms with Gasteiger partial charge in [0, 0.05) is 6.04 Å². The molecule has 1 N–H and O–H groups in total. The Hall–Kier alpha value is -0.110. The summed E-state index contributed by atoms with van der Waals surface area (Å²) in [6.07, 6.45) is 3.94. The van der Waals surface area contributed by atoms with Gasteiger partial charge in [0.05, 0.1) is 20.8 Å². The standard InChI is InChI=1S/C16H20Cl3N/c1-15(2)9-4-5-16(3,8-9)14(15)20-13-7-11(18)10(17)6-12(13)19/h6-7,9,14,20H,4-5,8H2,1-3H3/t9-,14?,16+/m0/s1. The molecule has 1 nitrogen and oxygen atoms in total. The second-order valence-corrected chi connectivity index (χ2v) is 8.46. The van der Waals surface area contributed by atoms with Gasteiger partial charge < -0.3 is 5.32 Å². The molecule has 0 saturated heterocycles. The van der Waals surface area contributed by atoms with E-state index in [2.05, 4.69) is 26.1 Å². The number of hydrogen-bond donors (Lipinski definition) is 1. The number of halogens is 3. The predicted molar refractivity (Wildman–Crippen MR) is 88.1 cm³/mol. The molecule has 2 aliphatic carbocycles. The van der Waals surface area contributed by atoms with E-state index in [1.54, 1.807) is 6.07 Å². The van der Waals surface area contributed by atoms with E-state index < -0.39 is 0 Å². The maximum atomic E-state index is 6.31. The lowest BCUT2D eigenvalue weighted by Gasteiger charge is -2.43. The molecule has 3 rings (SSSR count). The number of benzene rings is 1. The summed E-state index contributed by atoms with van der Waals surface area (Å²) >= 11 is 18.4. The molecule has 2 fully saturated rings. The van der Waals surface area contributed by atoms with Crippen molar-refractivity contribution in [1.82, 2.24) is 0 Å². The second kappa shape index (κ2) is 4.69. The third kappa shape index (κ3) is 2.14. The average Bonchev–Trinajstić information content (AvgIpc) is 2.82. The Kier molecular flexibility index (Phi) is 3.48. The summed E-state index contributed by atoms with van der Waals surface area (Å²) in [5.41, 5.74) is 1.53. The largest absolute Gasteiger partial charge is 0.380 e. The van der Waals surface area contributed by atoms with Crippen molar-refractivity contribution >= 4 is 40.5 Å². The SMILES string of the molecule is CC1(C)C(Nc2cc(Cl)c(Cl)cc2Cl)[C@]2(C)CC[C@H]1C2. The van der Waals surface area contributed by atoms with Gasteiger partial charge in [0.1, 0.15) is 0 Å². The van der Waals surface area contributed by atoms with Gasteiger partial charge in [-0.2, -0.15) is 0 Å². The van der Waals surface area contributed by atoms with E-state index in [0.29, 0.717) is 26.5 Å². The van der Waals surface area contributed by atoms with Crippen molar-refractivity contribution in [2.75, 3.05) is 5.32 Å². The maximum absolute atomic E-state index is 6.31. The summed E-state index contributed by atoms with van der Waals surface area (Å²) in [4.78, 5) is 0. The molecular weight excluding hydrogens is 313 g/mol. The molecule has 1 aromatic carbocycles. The summed E-state index contributed by atoms with van der Waals surface area (Å²) in [6, 6.07) is 3.98. The molecule has 4 heteroatoms. The van der Waals surface area contributed by atoms with Crippen LogP contribution in [0.1, 0.15) is 40.0 Å². The molecular formula is C16H20Cl3N. The first kappa shape index (κ1) is 14.8. The van der Waals surface area contributed by atoms with Gasteiger partial charge in [-0.25, -0.2) is 0 Å². The molecule has 0 heterocycles. The Morgan fingerprint density at radius 1 is 1.05 bits per heavy atom. The first-order valence-electron chi connectivity index (χ1n) is 7.15. The molecule has 3 atom stereocenters. The van der Waals surface area contributed by atoms with E-state index in [1.165, 1.54) is 19.3 Å². The topological polar surface area (TPSA) is 12.0 Å². The van der Waals surface area contributed by atoms with Crippen LogP contribution in [0.5, 0.6) is 0 Å². The number of rotatable bonds is 2. The molecule has 20 heavy (non-hydrogen) atoms. The summed E-state index contributed by atoms with van der Waals surface area (Å²) < 4.78 is 0. The van der Waals surface area contributed by atoms with Crippen LogP contribution in [-0.4, -0.2) is 6.04 Å². The molecule has 2 bridgehead atoms. The molecule has 0 aromatic heterocycles. The zero-order valence-corrected chi connectivity index (χ0v) is 14.3.